The number of halogens is 2. The minimum Gasteiger partial charge on any atom is -0.493 e. The molecule has 3 rings (SSSR count). The first kappa shape index (κ1) is 19.8. The van der Waals surface area contributed by atoms with Crippen molar-refractivity contribution in [3.63, 3.8) is 0 Å². The number of carbonyl (C=O) groups excluding carboxylic acids is 3. The summed E-state index contributed by atoms with van der Waals surface area (Å²) in [6.45, 7) is 0. The Balaban J connectivity index is 2.07. The van der Waals surface area contributed by atoms with Crippen LogP contribution in [0.4, 0.5) is 14.9 Å². The van der Waals surface area contributed by atoms with Crippen molar-refractivity contribution in [2.75, 3.05) is 19.1 Å². The molecule has 1 aliphatic heterocycles. The van der Waals surface area contributed by atoms with Gasteiger partial charge in [0.25, 0.3) is 11.8 Å². The Bertz CT molecular complexity index is 1020. The number of imide groups is 2. The van der Waals surface area contributed by atoms with Crippen LogP contribution in [0.5, 0.6) is 11.5 Å². The maximum absolute atomic E-state index is 14.1. The first-order valence-corrected chi connectivity index (χ1v) is 9.02. The number of urea groups is 1. The molecule has 1 fully saturated rings. The maximum Gasteiger partial charge on any atom is 0.336 e. The lowest BCUT2D eigenvalue weighted by molar-refractivity contribution is -0.122. The third-order valence-corrected chi connectivity index (χ3v) is 4.76. The summed E-state index contributed by atoms with van der Waals surface area (Å²) in [4.78, 5) is 37.8. The van der Waals surface area contributed by atoms with Gasteiger partial charge in [0, 0.05) is 0 Å². The van der Waals surface area contributed by atoms with Crippen molar-refractivity contribution in [2.24, 2.45) is 0 Å². The van der Waals surface area contributed by atoms with Gasteiger partial charge in [-0.2, -0.15) is 0 Å². The van der Waals surface area contributed by atoms with E-state index in [2.05, 4.69) is 5.32 Å². The summed E-state index contributed by atoms with van der Waals surface area (Å²) in [5.74, 6) is -1.64. The predicted molar refractivity (Wildman–Crippen MR) is 108 cm³/mol. The zero-order valence-electron chi connectivity index (χ0n) is 14.8. The van der Waals surface area contributed by atoms with E-state index in [1.807, 2.05) is 22.6 Å². The number of hydrogen-bond acceptors (Lipinski definition) is 5. The maximum atomic E-state index is 14.1. The summed E-state index contributed by atoms with van der Waals surface area (Å²) in [6, 6.07) is 7.55. The van der Waals surface area contributed by atoms with E-state index < -0.39 is 23.7 Å². The topological polar surface area (TPSA) is 84.9 Å². The second kappa shape index (κ2) is 7.97. The van der Waals surface area contributed by atoms with Gasteiger partial charge in [-0.3, -0.25) is 14.9 Å². The number of carbonyl (C=O) groups is 3. The molecule has 7 nitrogen and oxygen atoms in total. The molecule has 1 saturated heterocycles. The second-order valence-electron chi connectivity index (χ2n) is 5.65. The first-order valence-electron chi connectivity index (χ1n) is 7.95. The molecule has 28 heavy (non-hydrogen) atoms. The van der Waals surface area contributed by atoms with Crippen molar-refractivity contribution in [1.29, 1.82) is 0 Å². The Morgan fingerprint density at radius 1 is 1.11 bits per heavy atom. The standard InChI is InChI=1S/C19H14FIN2O5/c1-27-15-9-10(8-13(21)16(15)28-2)7-11-17(24)22-19(26)23(18(11)25)14-6-4-3-5-12(14)20/h3-9H,1-2H3,(H,22,24,26)/b11-7-. The number of nitrogens with one attached hydrogen (secondary N) is 1. The Labute approximate surface area is 173 Å². The van der Waals surface area contributed by atoms with Crippen molar-refractivity contribution in [3.05, 3.63) is 56.9 Å². The smallest absolute Gasteiger partial charge is 0.336 e. The van der Waals surface area contributed by atoms with Gasteiger partial charge in [0.15, 0.2) is 11.5 Å². The zero-order valence-corrected chi connectivity index (χ0v) is 16.9. The highest BCUT2D eigenvalue weighted by molar-refractivity contribution is 14.1. The number of barbiturate groups is 1. The summed E-state index contributed by atoms with van der Waals surface area (Å²) in [5, 5.41) is 2.06. The van der Waals surface area contributed by atoms with E-state index in [0.29, 0.717) is 25.5 Å². The van der Waals surface area contributed by atoms with Crippen LogP contribution in [0.15, 0.2) is 42.0 Å². The number of ether oxygens (including phenoxy) is 2. The average molecular weight is 496 g/mol. The number of para-hydroxylation sites is 1. The predicted octanol–water partition coefficient (Wildman–Crippen LogP) is 3.11. The SMILES string of the molecule is COc1cc(/C=C2/C(=O)NC(=O)N(c3ccccc3F)C2=O)cc(I)c1OC. The van der Waals surface area contributed by atoms with Crippen LogP contribution < -0.4 is 19.7 Å². The van der Waals surface area contributed by atoms with Crippen LogP contribution in [0.25, 0.3) is 6.08 Å². The van der Waals surface area contributed by atoms with Gasteiger partial charge in [0.2, 0.25) is 0 Å². The summed E-state index contributed by atoms with van der Waals surface area (Å²) in [6.07, 6.45) is 1.31. The summed E-state index contributed by atoms with van der Waals surface area (Å²) >= 11 is 2.03. The van der Waals surface area contributed by atoms with Crippen LogP contribution in [-0.2, 0) is 9.59 Å². The fourth-order valence-electron chi connectivity index (χ4n) is 2.70. The zero-order chi connectivity index (χ0) is 20.4. The molecule has 0 spiro atoms. The third-order valence-electron chi connectivity index (χ3n) is 3.96. The second-order valence-corrected chi connectivity index (χ2v) is 6.81. The number of hydrogen-bond donors (Lipinski definition) is 1. The molecule has 0 aliphatic carbocycles. The average Bonchev–Trinajstić information content (AvgIpc) is 2.66. The van der Waals surface area contributed by atoms with E-state index in [1.54, 1.807) is 12.1 Å². The van der Waals surface area contributed by atoms with Crippen LogP contribution in [0.1, 0.15) is 5.56 Å². The van der Waals surface area contributed by atoms with Crippen LogP contribution in [0.2, 0.25) is 0 Å². The van der Waals surface area contributed by atoms with Crippen molar-refractivity contribution < 1.29 is 28.2 Å². The highest BCUT2D eigenvalue weighted by Gasteiger charge is 2.38. The molecular formula is C19H14FIN2O5. The number of amides is 4. The molecule has 0 saturated carbocycles. The van der Waals surface area contributed by atoms with Gasteiger partial charge in [-0.25, -0.2) is 14.1 Å². The molecule has 0 radical (unpaired) electrons. The van der Waals surface area contributed by atoms with Crippen molar-refractivity contribution in [2.45, 2.75) is 0 Å². The molecule has 1 aliphatic rings. The van der Waals surface area contributed by atoms with Gasteiger partial charge in [0.05, 0.1) is 23.5 Å². The van der Waals surface area contributed by atoms with Gasteiger partial charge in [-0.15, -0.1) is 0 Å². The molecular weight excluding hydrogens is 482 g/mol. The molecule has 0 unspecified atom stereocenters. The van der Waals surface area contributed by atoms with Crippen LogP contribution in [-0.4, -0.2) is 32.1 Å². The minimum atomic E-state index is -1.01. The highest BCUT2D eigenvalue weighted by atomic mass is 127. The summed E-state index contributed by atoms with van der Waals surface area (Å²) < 4.78 is 25.3. The van der Waals surface area contributed by atoms with Crippen molar-refractivity contribution >= 4 is 52.2 Å². The fourth-order valence-corrected chi connectivity index (χ4v) is 3.54. The Kier molecular flexibility index (Phi) is 5.63. The fraction of sp³-hybridized carbons (Fsp3) is 0.105. The highest BCUT2D eigenvalue weighted by Crippen LogP contribution is 2.34. The van der Waals surface area contributed by atoms with Gasteiger partial charge in [-0.05, 0) is 58.5 Å². The van der Waals surface area contributed by atoms with Crippen LogP contribution in [0, 0.1) is 9.39 Å². The largest absolute Gasteiger partial charge is 0.493 e. The van der Waals surface area contributed by atoms with E-state index in [9.17, 15) is 18.8 Å². The minimum absolute atomic E-state index is 0.245. The molecule has 0 atom stereocenters. The number of rotatable bonds is 4. The van der Waals surface area contributed by atoms with Crippen molar-refractivity contribution in [3.8, 4) is 11.5 Å². The van der Waals surface area contributed by atoms with Gasteiger partial charge >= 0.3 is 6.03 Å². The molecule has 9 heteroatoms. The Morgan fingerprint density at radius 2 is 1.82 bits per heavy atom. The first-order chi connectivity index (χ1) is 13.4. The lowest BCUT2D eigenvalue weighted by Crippen LogP contribution is -2.54. The van der Waals surface area contributed by atoms with Crippen LogP contribution in [0.3, 0.4) is 0 Å². The number of anilines is 1. The Hall–Kier alpha value is -2.95. The molecule has 2 aromatic rings. The summed E-state index contributed by atoms with van der Waals surface area (Å²) in [5.41, 5.74) is -0.0838. The third kappa shape index (κ3) is 3.57. The van der Waals surface area contributed by atoms with E-state index in [4.69, 9.17) is 9.47 Å². The normalized spacial score (nSPS) is 15.6. The number of methoxy groups -OCH3 is 2. The lowest BCUT2D eigenvalue weighted by Gasteiger charge is -2.26. The molecule has 2 aromatic carbocycles. The van der Waals surface area contributed by atoms with E-state index in [1.165, 1.54) is 38.5 Å². The van der Waals surface area contributed by atoms with Gasteiger partial charge < -0.3 is 9.47 Å². The van der Waals surface area contributed by atoms with E-state index >= 15 is 0 Å². The van der Waals surface area contributed by atoms with Gasteiger partial charge in [-0.1, -0.05) is 12.1 Å². The summed E-state index contributed by atoms with van der Waals surface area (Å²) in [7, 11) is 2.95. The molecule has 0 aromatic heterocycles. The van der Waals surface area contributed by atoms with E-state index in [0.717, 1.165) is 6.07 Å². The quantitative estimate of drug-likeness (QED) is 0.400. The molecule has 144 valence electrons. The number of nitrogens with zero attached hydrogens (tertiary/aromatic N) is 1. The van der Waals surface area contributed by atoms with Crippen LogP contribution >= 0.6 is 22.6 Å². The molecule has 0 bridgehead atoms. The van der Waals surface area contributed by atoms with Gasteiger partial charge in [0.1, 0.15) is 11.4 Å². The molecule has 4 amide bonds. The van der Waals surface area contributed by atoms with Crippen molar-refractivity contribution in [1.82, 2.24) is 5.32 Å². The Morgan fingerprint density at radius 3 is 2.46 bits per heavy atom. The monoisotopic (exact) mass is 496 g/mol. The molecule has 1 N–H and O–H groups in total. The molecule has 1 heterocycles. The van der Waals surface area contributed by atoms with E-state index in [-0.39, 0.29) is 11.3 Å². The lowest BCUT2D eigenvalue weighted by atomic mass is 10.1. The number of benzene rings is 2.